The number of anilines is 3. The lowest BCUT2D eigenvalue weighted by atomic mass is 10.00. The standard InChI is InChI=1S/C13H24N6/c1-5-15-10-8-11(17-12(14)16-10)19-7-6-18(4)13(2,3)9-19/h8H,5-7,9H2,1-4H3,(H3,14,15,16,17). The van der Waals surface area contributed by atoms with E-state index in [1.54, 1.807) is 0 Å². The smallest absolute Gasteiger partial charge is 0.223 e. The van der Waals surface area contributed by atoms with Gasteiger partial charge in [0.25, 0.3) is 0 Å². The van der Waals surface area contributed by atoms with Crippen molar-refractivity contribution in [2.75, 3.05) is 49.2 Å². The Kier molecular flexibility index (Phi) is 3.80. The molecule has 1 aliphatic heterocycles. The molecule has 6 heteroatoms. The van der Waals surface area contributed by atoms with Crippen molar-refractivity contribution in [1.29, 1.82) is 0 Å². The molecule has 3 N–H and O–H groups in total. The molecule has 1 fully saturated rings. The lowest BCUT2D eigenvalue weighted by Gasteiger charge is -2.45. The molecule has 0 saturated carbocycles. The van der Waals surface area contributed by atoms with Crippen LogP contribution in [0.4, 0.5) is 17.6 Å². The van der Waals surface area contributed by atoms with E-state index in [1.165, 1.54) is 0 Å². The Morgan fingerprint density at radius 1 is 1.37 bits per heavy atom. The second kappa shape index (κ2) is 5.21. The number of nitrogens with zero attached hydrogens (tertiary/aromatic N) is 4. The van der Waals surface area contributed by atoms with Gasteiger partial charge in [-0.3, -0.25) is 4.90 Å². The van der Waals surface area contributed by atoms with Crippen LogP contribution in [0.15, 0.2) is 6.07 Å². The van der Waals surface area contributed by atoms with Crippen molar-refractivity contribution in [3.05, 3.63) is 6.07 Å². The molecule has 1 aliphatic rings. The van der Waals surface area contributed by atoms with Crippen LogP contribution >= 0.6 is 0 Å². The number of aromatic nitrogens is 2. The number of likely N-dealkylation sites (N-methyl/N-ethyl adjacent to an activating group) is 1. The molecule has 1 saturated heterocycles. The first-order valence-electron chi connectivity index (χ1n) is 6.77. The van der Waals surface area contributed by atoms with Gasteiger partial charge in [0.2, 0.25) is 5.95 Å². The number of nitrogens with two attached hydrogens (primary N) is 1. The Hall–Kier alpha value is -1.56. The molecular formula is C13H24N6. The average molecular weight is 264 g/mol. The SMILES string of the molecule is CCNc1cc(N2CCN(C)C(C)(C)C2)nc(N)n1. The highest BCUT2D eigenvalue weighted by molar-refractivity contribution is 5.53. The summed E-state index contributed by atoms with van der Waals surface area (Å²) >= 11 is 0. The van der Waals surface area contributed by atoms with Crippen molar-refractivity contribution in [3.63, 3.8) is 0 Å². The van der Waals surface area contributed by atoms with Crippen LogP contribution in [0.1, 0.15) is 20.8 Å². The van der Waals surface area contributed by atoms with E-state index in [1.807, 2.05) is 13.0 Å². The maximum atomic E-state index is 5.79. The topological polar surface area (TPSA) is 70.3 Å². The third kappa shape index (κ3) is 3.07. The summed E-state index contributed by atoms with van der Waals surface area (Å²) in [5.41, 5.74) is 5.93. The van der Waals surface area contributed by atoms with E-state index in [0.29, 0.717) is 5.95 Å². The van der Waals surface area contributed by atoms with Crippen LogP contribution in [0, 0.1) is 0 Å². The molecule has 6 nitrogen and oxygen atoms in total. The number of hydrogen-bond donors (Lipinski definition) is 2. The highest BCUT2D eigenvalue weighted by Gasteiger charge is 2.31. The van der Waals surface area contributed by atoms with Crippen LogP contribution in [0.2, 0.25) is 0 Å². The molecule has 0 spiro atoms. The largest absolute Gasteiger partial charge is 0.370 e. The lowest BCUT2D eigenvalue weighted by Crippen LogP contribution is -2.57. The third-order valence-electron chi connectivity index (χ3n) is 3.73. The molecule has 2 heterocycles. The van der Waals surface area contributed by atoms with Gasteiger partial charge < -0.3 is 16.0 Å². The zero-order chi connectivity index (χ0) is 14.0. The second-order valence-electron chi connectivity index (χ2n) is 5.66. The van der Waals surface area contributed by atoms with Crippen LogP contribution < -0.4 is 16.0 Å². The van der Waals surface area contributed by atoms with E-state index in [-0.39, 0.29) is 5.54 Å². The van der Waals surface area contributed by atoms with Gasteiger partial charge in [-0.25, -0.2) is 0 Å². The van der Waals surface area contributed by atoms with E-state index in [0.717, 1.165) is 37.8 Å². The van der Waals surface area contributed by atoms with E-state index in [4.69, 9.17) is 5.73 Å². The number of piperazine rings is 1. The zero-order valence-corrected chi connectivity index (χ0v) is 12.3. The number of nitrogen functional groups attached to an aromatic ring is 1. The Labute approximate surface area is 115 Å². The third-order valence-corrected chi connectivity index (χ3v) is 3.73. The minimum Gasteiger partial charge on any atom is -0.370 e. The number of nitrogens with one attached hydrogen (secondary N) is 1. The Morgan fingerprint density at radius 2 is 2.11 bits per heavy atom. The van der Waals surface area contributed by atoms with Crippen molar-refractivity contribution in [1.82, 2.24) is 14.9 Å². The molecule has 0 amide bonds. The van der Waals surface area contributed by atoms with E-state index >= 15 is 0 Å². The predicted octanol–water partition coefficient (Wildman–Crippen LogP) is 1.02. The molecule has 1 aromatic heterocycles. The maximum Gasteiger partial charge on any atom is 0.223 e. The first-order valence-corrected chi connectivity index (χ1v) is 6.77. The van der Waals surface area contributed by atoms with Crippen LogP contribution in [-0.4, -0.2) is 53.6 Å². The normalized spacial score (nSPS) is 19.5. The van der Waals surface area contributed by atoms with Gasteiger partial charge in [0, 0.05) is 37.8 Å². The van der Waals surface area contributed by atoms with Gasteiger partial charge in [-0.05, 0) is 27.8 Å². The highest BCUT2D eigenvalue weighted by Crippen LogP contribution is 2.24. The summed E-state index contributed by atoms with van der Waals surface area (Å²) in [5.74, 6) is 2.02. The fourth-order valence-electron chi connectivity index (χ4n) is 2.32. The summed E-state index contributed by atoms with van der Waals surface area (Å²) < 4.78 is 0. The molecule has 1 aromatic rings. The summed E-state index contributed by atoms with van der Waals surface area (Å²) in [6.45, 7) is 10.3. The molecule has 106 valence electrons. The van der Waals surface area contributed by atoms with Gasteiger partial charge in [0.05, 0.1) is 0 Å². The Bertz CT molecular complexity index is 445. The summed E-state index contributed by atoms with van der Waals surface area (Å²) in [6, 6.07) is 1.97. The van der Waals surface area contributed by atoms with E-state index in [2.05, 4.69) is 46.0 Å². The number of rotatable bonds is 3. The monoisotopic (exact) mass is 264 g/mol. The van der Waals surface area contributed by atoms with Crippen molar-refractivity contribution in [2.24, 2.45) is 0 Å². The van der Waals surface area contributed by atoms with Crippen LogP contribution in [0.25, 0.3) is 0 Å². The maximum absolute atomic E-state index is 5.79. The fourth-order valence-corrected chi connectivity index (χ4v) is 2.32. The first-order chi connectivity index (χ1) is 8.92. The summed E-state index contributed by atoms with van der Waals surface area (Å²) in [5, 5.41) is 3.19. The molecule has 0 aliphatic carbocycles. The van der Waals surface area contributed by atoms with Gasteiger partial charge in [-0.1, -0.05) is 0 Å². The molecule has 0 unspecified atom stereocenters. The Morgan fingerprint density at radius 3 is 2.74 bits per heavy atom. The fraction of sp³-hybridized carbons (Fsp3) is 0.692. The van der Waals surface area contributed by atoms with Gasteiger partial charge >= 0.3 is 0 Å². The summed E-state index contributed by atoms with van der Waals surface area (Å²) in [7, 11) is 2.16. The highest BCUT2D eigenvalue weighted by atomic mass is 15.3. The minimum atomic E-state index is 0.135. The van der Waals surface area contributed by atoms with Gasteiger partial charge in [0.1, 0.15) is 11.6 Å². The molecule has 0 bridgehead atoms. The minimum absolute atomic E-state index is 0.135. The van der Waals surface area contributed by atoms with Crippen LogP contribution in [-0.2, 0) is 0 Å². The van der Waals surface area contributed by atoms with Gasteiger partial charge in [-0.15, -0.1) is 0 Å². The van der Waals surface area contributed by atoms with Gasteiger partial charge in [-0.2, -0.15) is 9.97 Å². The zero-order valence-electron chi connectivity index (χ0n) is 12.3. The van der Waals surface area contributed by atoms with Crippen molar-refractivity contribution in [2.45, 2.75) is 26.3 Å². The van der Waals surface area contributed by atoms with Crippen LogP contribution in [0.5, 0.6) is 0 Å². The number of hydrogen-bond acceptors (Lipinski definition) is 6. The van der Waals surface area contributed by atoms with Crippen LogP contribution in [0.3, 0.4) is 0 Å². The molecular weight excluding hydrogens is 240 g/mol. The average Bonchev–Trinajstić information content (AvgIpc) is 2.32. The Balaban J connectivity index is 2.22. The van der Waals surface area contributed by atoms with Crippen molar-refractivity contribution < 1.29 is 0 Å². The van der Waals surface area contributed by atoms with E-state index in [9.17, 15) is 0 Å². The summed E-state index contributed by atoms with van der Waals surface area (Å²) in [4.78, 5) is 13.2. The molecule has 0 atom stereocenters. The van der Waals surface area contributed by atoms with Crippen molar-refractivity contribution >= 4 is 17.6 Å². The molecule has 2 rings (SSSR count). The predicted molar refractivity (Wildman–Crippen MR) is 79.5 cm³/mol. The van der Waals surface area contributed by atoms with E-state index < -0.39 is 0 Å². The van der Waals surface area contributed by atoms with Gasteiger partial charge in [0.15, 0.2) is 0 Å². The molecule has 0 radical (unpaired) electrons. The summed E-state index contributed by atoms with van der Waals surface area (Å²) in [6.07, 6.45) is 0. The molecule has 0 aromatic carbocycles. The quantitative estimate of drug-likeness (QED) is 0.849. The second-order valence-corrected chi connectivity index (χ2v) is 5.66. The first kappa shape index (κ1) is 13.9. The molecule has 19 heavy (non-hydrogen) atoms. The lowest BCUT2D eigenvalue weighted by molar-refractivity contribution is 0.138. The van der Waals surface area contributed by atoms with Crippen molar-refractivity contribution in [3.8, 4) is 0 Å².